The Labute approximate surface area is 59.4 Å². The van der Waals surface area contributed by atoms with E-state index in [9.17, 15) is 0 Å². The summed E-state index contributed by atoms with van der Waals surface area (Å²) in [6.07, 6.45) is 0. The number of hydrogen-bond donors (Lipinski definition) is 0. The van der Waals surface area contributed by atoms with Crippen LogP contribution in [0.3, 0.4) is 0 Å². The van der Waals surface area contributed by atoms with Crippen molar-refractivity contribution in [2.75, 3.05) is 0 Å². The average molecular weight is 140 g/mol. The van der Waals surface area contributed by atoms with Gasteiger partial charge in [-0.3, -0.25) is 0 Å². The van der Waals surface area contributed by atoms with E-state index in [1.807, 2.05) is 0 Å². The molecule has 0 N–H and O–H groups in total. The van der Waals surface area contributed by atoms with Crippen molar-refractivity contribution in [3.8, 4) is 0 Å². The van der Waals surface area contributed by atoms with Gasteiger partial charge in [-0.1, -0.05) is 23.7 Å². The monoisotopic (exact) mass is 139 g/mol. The molecule has 0 unspecified atom stereocenters. The Morgan fingerprint density at radius 1 is 1.22 bits per heavy atom. The number of rotatable bonds is 1. The highest BCUT2D eigenvalue weighted by Crippen LogP contribution is 2.08. The lowest BCUT2D eigenvalue weighted by molar-refractivity contribution is 1.03. The SMILES string of the molecule is [N]Cc1ccc(Cl)cc1. The van der Waals surface area contributed by atoms with Crippen molar-refractivity contribution in [2.24, 2.45) is 0 Å². The van der Waals surface area contributed by atoms with Crippen LogP contribution in [0.2, 0.25) is 5.02 Å². The summed E-state index contributed by atoms with van der Waals surface area (Å²) >= 11 is 5.59. The van der Waals surface area contributed by atoms with E-state index in [1.54, 1.807) is 24.3 Å². The van der Waals surface area contributed by atoms with Crippen LogP contribution in [-0.2, 0) is 6.54 Å². The molecule has 0 aliphatic heterocycles. The molecule has 2 heteroatoms. The number of benzene rings is 1. The van der Waals surface area contributed by atoms with E-state index < -0.39 is 0 Å². The molecule has 2 radical (unpaired) electrons. The fourth-order valence-electron chi connectivity index (χ4n) is 0.590. The molecule has 0 amide bonds. The zero-order valence-electron chi connectivity index (χ0n) is 4.84. The van der Waals surface area contributed by atoms with Crippen LogP contribution >= 0.6 is 11.6 Å². The third-order valence-electron chi connectivity index (χ3n) is 1.10. The summed E-state index contributed by atoms with van der Waals surface area (Å²) in [7, 11) is 0. The molecule has 0 saturated heterocycles. The molecule has 0 aromatic heterocycles. The largest absolute Gasteiger partial charge is 0.140 e. The Morgan fingerprint density at radius 2 is 1.78 bits per heavy atom. The molecule has 1 aromatic carbocycles. The number of hydrogen-bond acceptors (Lipinski definition) is 0. The normalized spacial score (nSPS) is 9.56. The third kappa shape index (κ3) is 1.70. The summed E-state index contributed by atoms with van der Waals surface area (Å²) in [6, 6.07) is 7.10. The van der Waals surface area contributed by atoms with Gasteiger partial charge in [0.05, 0.1) is 6.54 Å². The van der Waals surface area contributed by atoms with Crippen LogP contribution in [0.15, 0.2) is 24.3 Å². The molecule has 0 heterocycles. The summed E-state index contributed by atoms with van der Waals surface area (Å²) in [4.78, 5) is 0. The topological polar surface area (TPSA) is 22.3 Å². The average Bonchev–Trinajstić information content (AvgIpc) is 1.90. The smallest absolute Gasteiger partial charge is 0.0572 e. The molecule has 0 aliphatic carbocycles. The van der Waals surface area contributed by atoms with Gasteiger partial charge in [0.1, 0.15) is 0 Å². The van der Waals surface area contributed by atoms with Gasteiger partial charge in [0.25, 0.3) is 0 Å². The first-order valence-electron chi connectivity index (χ1n) is 2.68. The Bertz CT molecular complexity index is 181. The Morgan fingerprint density at radius 3 is 2.22 bits per heavy atom. The van der Waals surface area contributed by atoms with Gasteiger partial charge >= 0.3 is 0 Å². The lowest BCUT2D eigenvalue weighted by atomic mass is 10.2. The summed E-state index contributed by atoms with van der Waals surface area (Å²) in [6.45, 7) is 0.0805. The van der Waals surface area contributed by atoms with E-state index in [2.05, 4.69) is 0 Å². The molecular weight excluding hydrogens is 134 g/mol. The van der Waals surface area contributed by atoms with Crippen LogP contribution in [0.4, 0.5) is 0 Å². The van der Waals surface area contributed by atoms with Crippen LogP contribution < -0.4 is 5.73 Å². The molecule has 1 nitrogen and oxygen atoms in total. The maximum atomic E-state index is 8.59. The van der Waals surface area contributed by atoms with E-state index in [0.717, 1.165) is 5.56 Å². The van der Waals surface area contributed by atoms with E-state index in [0.29, 0.717) is 5.02 Å². The molecule has 0 aliphatic rings. The van der Waals surface area contributed by atoms with Gasteiger partial charge in [0.2, 0.25) is 0 Å². The zero-order valence-corrected chi connectivity index (χ0v) is 5.60. The van der Waals surface area contributed by atoms with Gasteiger partial charge in [-0.05, 0) is 17.7 Å². The Kier molecular flexibility index (Phi) is 2.09. The summed E-state index contributed by atoms with van der Waals surface area (Å²) in [5.41, 5.74) is 9.47. The first-order valence-corrected chi connectivity index (χ1v) is 3.06. The lowest BCUT2D eigenvalue weighted by Crippen LogP contribution is -1.81. The molecule has 0 atom stereocenters. The maximum Gasteiger partial charge on any atom is 0.0572 e. The van der Waals surface area contributed by atoms with Crippen LogP contribution in [0.25, 0.3) is 0 Å². The maximum absolute atomic E-state index is 8.59. The molecule has 0 saturated carbocycles. The van der Waals surface area contributed by atoms with E-state index in [4.69, 9.17) is 17.3 Å². The predicted octanol–water partition coefficient (Wildman–Crippen LogP) is 1.91. The van der Waals surface area contributed by atoms with Gasteiger partial charge in [-0.2, -0.15) is 0 Å². The second kappa shape index (κ2) is 2.85. The molecule has 9 heavy (non-hydrogen) atoms. The van der Waals surface area contributed by atoms with E-state index in [1.165, 1.54) is 0 Å². The predicted molar refractivity (Wildman–Crippen MR) is 37.3 cm³/mol. The van der Waals surface area contributed by atoms with Gasteiger partial charge in [-0.15, -0.1) is 5.73 Å². The highest BCUT2D eigenvalue weighted by molar-refractivity contribution is 6.30. The summed E-state index contributed by atoms with van der Waals surface area (Å²) in [5.74, 6) is 0. The quantitative estimate of drug-likeness (QED) is 0.567. The van der Waals surface area contributed by atoms with E-state index >= 15 is 0 Å². The Hall–Kier alpha value is -0.530. The van der Waals surface area contributed by atoms with Crippen LogP contribution in [0.5, 0.6) is 0 Å². The first-order chi connectivity index (χ1) is 4.33. The molecular formula is C7H6ClN. The van der Waals surface area contributed by atoms with Crippen molar-refractivity contribution >= 4 is 11.6 Å². The second-order valence-electron chi connectivity index (χ2n) is 1.78. The first kappa shape index (κ1) is 6.59. The van der Waals surface area contributed by atoms with E-state index in [-0.39, 0.29) is 6.54 Å². The minimum Gasteiger partial charge on any atom is -0.140 e. The van der Waals surface area contributed by atoms with Crippen molar-refractivity contribution in [1.82, 2.24) is 5.73 Å². The van der Waals surface area contributed by atoms with Crippen LogP contribution in [-0.4, -0.2) is 0 Å². The van der Waals surface area contributed by atoms with Gasteiger partial charge in [0, 0.05) is 5.02 Å². The van der Waals surface area contributed by atoms with Crippen LogP contribution in [0.1, 0.15) is 5.56 Å². The highest BCUT2D eigenvalue weighted by atomic mass is 35.5. The molecule has 46 valence electrons. The van der Waals surface area contributed by atoms with Gasteiger partial charge in [-0.25, -0.2) is 0 Å². The number of nitrogens with zero attached hydrogens (tertiary/aromatic N) is 1. The number of halogens is 1. The summed E-state index contributed by atoms with van der Waals surface area (Å²) < 4.78 is 0. The highest BCUT2D eigenvalue weighted by Gasteiger charge is 1.87. The van der Waals surface area contributed by atoms with Crippen molar-refractivity contribution < 1.29 is 0 Å². The standard InChI is InChI=1S/C7H6ClN/c8-7-3-1-6(5-9)2-4-7/h1-4H,5H2. The van der Waals surface area contributed by atoms with Crippen molar-refractivity contribution in [3.05, 3.63) is 34.9 Å². The Balaban J connectivity index is 2.88. The molecule has 0 fully saturated rings. The van der Waals surface area contributed by atoms with Gasteiger partial charge in [0.15, 0.2) is 0 Å². The lowest BCUT2D eigenvalue weighted by Gasteiger charge is -1.91. The van der Waals surface area contributed by atoms with Gasteiger partial charge < -0.3 is 0 Å². The molecule has 1 rings (SSSR count). The molecule has 0 bridgehead atoms. The summed E-state index contributed by atoms with van der Waals surface area (Å²) in [5, 5.41) is 0.701. The molecule has 1 aromatic rings. The molecule has 0 spiro atoms. The second-order valence-corrected chi connectivity index (χ2v) is 2.22. The van der Waals surface area contributed by atoms with Crippen molar-refractivity contribution in [3.63, 3.8) is 0 Å². The minimum absolute atomic E-state index is 0.0805. The minimum atomic E-state index is 0.0805. The van der Waals surface area contributed by atoms with Crippen molar-refractivity contribution in [1.29, 1.82) is 0 Å². The third-order valence-corrected chi connectivity index (χ3v) is 1.35. The van der Waals surface area contributed by atoms with Crippen molar-refractivity contribution in [2.45, 2.75) is 6.54 Å². The van der Waals surface area contributed by atoms with Crippen LogP contribution in [0, 0.1) is 0 Å². The fraction of sp³-hybridized carbons (Fsp3) is 0.143. The fourth-order valence-corrected chi connectivity index (χ4v) is 0.716. The zero-order chi connectivity index (χ0) is 6.69.